The highest BCUT2D eigenvalue weighted by Crippen LogP contribution is 2.27. The Morgan fingerprint density at radius 2 is 1.93 bits per heavy atom. The molecule has 6 heteroatoms. The fraction of sp³-hybridized carbons (Fsp3) is 0.238. The van der Waals surface area contributed by atoms with Crippen molar-refractivity contribution in [3.8, 4) is 11.5 Å². The van der Waals surface area contributed by atoms with E-state index in [0.717, 1.165) is 29.6 Å². The Hall–Kier alpha value is -3.28. The van der Waals surface area contributed by atoms with Crippen LogP contribution in [0.2, 0.25) is 0 Å². The van der Waals surface area contributed by atoms with Crippen LogP contribution in [0.3, 0.4) is 0 Å². The first-order valence-corrected chi connectivity index (χ1v) is 8.79. The molecule has 2 heterocycles. The molecular weight excluding hydrogens is 346 g/mol. The molecule has 6 nitrogen and oxygen atoms in total. The predicted octanol–water partition coefficient (Wildman–Crippen LogP) is 3.72. The standard InChI is InChI=1S/C21H19NO5/c1-25-17-8-9-18-14(13-26-19(18)12-17)11-21(24)27-16-6-4-15(5-7-16)22-10-2-3-20(22)23/h4-9,12-13H,2-3,10-11H2,1H3. The van der Waals surface area contributed by atoms with Crippen molar-refractivity contribution in [1.29, 1.82) is 0 Å². The van der Waals surface area contributed by atoms with Gasteiger partial charge in [0.15, 0.2) is 0 Å². The zero-order chi connectivity index (χ0) is 18.8. The first kappa shape index (κ1) is 17.1. The first-order chi connectivity index (χ1) is 13.1. The normalized spacial score (nSPS) is 14.0. The third-order valence-electron chi connectivity index (χ3n) is 4.65. The van der Waals surface area contributed by atoms with Crippen LogP contribution in [0.4, 0.5) is 5.69 Å². The van der Waals surface area contributed by atoms with Gasteiger partial charge in [0, 0.05) is 35.7 Å². The zero-order valence-electron chi connectivity index (χ0n) is 14.9. The maximum Gasteiger partial charge on any atom is 0.315 e. The summed E-state index contributed by atoms with van der Waals surface area (Å²) in [6.07, 6.45) is 3.13. The molecular formula is C21H19NO5. The van der Waals surface area contributed by atoms with Gasteiger partial charge in [0.25, 0.3) is 0 Å². The molecule has 1 fully saturated rings. The third-order valence-corrected chi connectivity index (χ3v) is 4.65. The van der Waals surface area contributed by atoms with E-state index in [1.165, 1.54) is 0 Å². The topological polar surface area (TPSA) is 69.0 Å². The zero-order valence-corrected chi connectivity index (χ0v) is 14.9. The van der Waals surface area contributed by atoms with Crippen LogP contribution in [-0.2, 0) is 16.0 Å². The molecule has 27 heavy (non-hydrogen) atoms. The highest BCUT2D eigenvalue weighted by Gasteiger charge is 2.21. The molecule has 0 spiro atoms. The minimum absolute atomic E-state index is 0.103. The van der Waals surface area contributed by atoms with Crippen molar-refractivity contribution < 1.29 is 23.5 Å². The maximum absolute atomic E-state index is 12.3. The number of furan rings is 1. The number of hydrogen-bond acceptors (Lipinski definition) is 5. The number of esters is 1. The molecule has 3 aromatic rings. The summed E-state index contributed by atoms with van der Waals surface area (Å²) in [5, 5.41) is 0.857. The average molecular weight is 365 g/mol. The number of hydrogen-bond donors (Lipinski definition) is 0. The van der Waals surface area contributed by atoms with Gasteiger partial charge in [-0.25, -0.2) is 0 Å². The van der Waals surface area contributed by atoms with Gasteiger partial charge in [-0.3, -0.25) is 9.59 Å². The Labute approximate surface area is 156 Å². The van der Waals surface area contributed by atoms with E-state index in [1.54, 1.807) is 48.6 Å². The Bertz CT molecular complexity index is 989. The van der Waals surface area contributed by atoms with E-state index in [0.29, 0.717) is 23.5 Å². The lowest BCUT2D eigenvalue weighted by atomic mass is 10.1. The molecule has 0 saturated carbocycles. The molecule has 0 radical (unpaired) electrons. The maximum atomic E-state index is 12.3. The fourth-order valence-corrected chi connectivity index (χ4v) is 3.27. The molecule has 0 atom stereocenters. The summed E-state index contributed by atoms with van der Waals surface area (Å²) >= 11 is 0. The SMILES string of the molecule is COc1ccc2c(CC(=O)Oc3ccc(N4CCCC4=O)cc3)coc2c1. The molecule has 0 N–H and O–H groups in total. The third kappa shape index (κ3) is 3.51. The molecule has 1 saturated heterocycles. The number of anilines is 1. The van der Waals surface area contributed by atoms with Gasteiger partial charge in [-0.2, -0.15) is 0 Å². The van der Waals surface area contributed by atoms with Crippen LogP contribution in [0.5, 0.6) is 11.5 Å². The summed E-state index contributed by atoms with van der Waals surface area (Å²) in [6.45, 7) is 0.732. The monoisotopic (exact) mass is 365 g/mol. The predicted molar refractivity (Wildman–Crippen MR) is 100 cm³/mol. The highest BCUT2D eigenvalue weighted by molar-refractivity contribution is 5.95. The van der Waals surface area contributed by atoms with E-state index in [-0.39, 0.29) is 18.3 Å². The Morgan fingerprint density at radius 1 is 1.15 bits per heavy atom. The number of amides is 1. The number of benzene rings is 2. The molecule has 1 aliphatic heterocycles. The van der Waals surface area contributed by atoms with Gasteiger partial charge >= 0.3 is 5.97 Å². The summed E-state index contributed by atoms with van der Waals surface area (Å²) in [4.78, 5) is 25.8. The van der Waals surface area contributed by atoms with Crippen molar-refractivity contribution in [1.82, 2.24) is 0 Å². The molecule has 1 amide bonds. The van der Waals surface area contributed by atoms with Gasteiger partial charge in [-0.15, -0.1) is 0 Å². The van der Waals surface area contributed by atoms with E-state index < -0.39 is 0 Å². The second-order valence-electron chi connectivity index (χ2n) is 6.42. The number of nitrogens with zero attached hydrogens (tertiary/aromatic N) is 1. The van der Waals surface area contributed by atoms with Crippen molar-refractivity contribution in [2.45, 2.75) is 19.3 Å². The Kier molecular flexibility index (Phi) is 4.54. The summed E-state index contributed by atoms with van der Waals surface area (Å²) in [6, 6.07) is 12.5. The van der Waals surface area contributed by atoms with Crippen molar-refractivity contribution in [3.05, 3.63) is 54.3 Å². The molecule has 1 aromatic heterocycles. The minimum Gasteiger partial charge on any atom is -0.497 e. The van der Waals surface area contributed by atoms with Crippen LogP contribution < -0.4 is 14.4 Å². The minimum atomic E-state index is -0.376. The van der Waals surface area contributed by atoms with E-state index >= 15 is 0 Å². The van der Waals surface area contributed by atoms with E-state index in [4.69, 9.17) is 13.9 Å². The second kappa shape index (κ2) is 7.15. The Morgan fingerprint density at radius 3 is 2.63 bits per heavy atom. The van der Waals surface area contributed by atoms with Crippen LogP contribution in [-0.4, -0.2) is 25.5 Å². The van der Waals surface area contributed by atoms with Crippen LogP contribution in [0, 0.1) is 0 Å². The van der Waals surface area contributed by atoms with Crippen LogP contribution >= 0.6 is 0 Å². The van der Waals surface area contributed by atoms with Crippen molar-refractivity contribution in [2.24, 2.45) is 0 Å². The van der Waals surface area contributed by atoms with Crippen molar-refractivity contribution >= 4 is 28.5 Å². The van der Waals surface area contributed by atoms with Gasteiger partial charge in [0.05, 0.1) is 19.8 Å². The molecule has 4 rings (SSSR count). The van der Waals surface area contributed by atoms with Crippen molar-refractivity contribution in [3.63, 3.8) is 0 Å². The van der Waals surface area contributed by atoms with Gasteiger partial charge in [-0.05, 0) is 42.8 Å². The van der Waals surface area contributed by atoms with Crippen LogP contribution in [0.1, 0.15) is 18.4 Å². The second-order valence-corrected chi connectivity index (χ2v) is 6.42. The summed E-state index contributed by atoms with van der Waals surface area (Å²) in [7, 11) is 1.59. The number of ether oxygens (including phenoxy) is 2. The van der Waals surface area contributed by atoms with E-state index in [2.05, 4.69) is 0 Å². The van der Waals surface area contributed by atoms with Gasteiger partial charge in [-0.1, -0.05) is 0 Å². The van der Waals surface area contributed by atoms with Gasteiger partial charge < -0.3 is 18.8 Å². The number of rotatable bonds is 5. The summed E-state index contributed by atoms with van der Waals surface area (Å²) in [5.41, 5.74) is 2.25. The average Bonchev–Trinajstić information content (AvgIpc) is 3.28. The number of methoxy groups -OCH3 is 1. The molecule has 0 aliphatic carbocycles. The van der Waals surface area contributed by atoms with Gasteiger partial charge in [0.1, 0.15) is 17.1 Å². The molecule has 0 unspecified atom stereocenters. The molecule has 2 aromatic carbocycles. The molecule has 1 aliphatic rings. The van der Waals surface area contributed by atoms with E-state index in [9.17, 15) is 9.59 Å². The van der Waals surface area contributed by atoms with Crippen molar-refractivity contribution in [2.75, 3.05) is 18.6 Å². The van der Waals surface area contributed by atoms with E-state index in [1.807, 2.05) is 12.1 Å². The number of carbonyl (C=O) groups excluding carboxylic acids is 2. The lowest BCUT2D eigenvalue weighted by Gasteiger charge is -2.15. The molecule has 0 bridgehead atoms. The lowest BCUT2D eigenvalue weighted by molar-refractivity contribution is -0.133. The first-order valence-electron chi connectivity index (χ1n) is 8.79. The summed E-state index contributed by atoms with van der Waals surface area (Å²) in [5.74, 6) is 0.897. The quantitative estimate of drug-likeness (QED) is 0.509. The summed E-state index contributed by atoms with van der Waals surface area (Å²) < 4.78 is 16.1. The largest absolute Gasteiger partial charge is 0.497 e. The van der Waals surface area contributed by atoms with Gasteiger partial charge in [0.2, 0.25) is 5.91 Å². The molecule has 138 valence electrons. The lowest BCUT2D eigenvalue weighted by Crippen LogP contribution is -2.23. The highest BCUT2D eigenvalue weighted by atomic mass is 16.5. The Balaban J connectivity index is 1.43. The van der Waals surface area contributed by atoms with Crippen LogP contribution in [0.15, 0.2) is 53.1 Å². The number of carbonyl (C=O) groups is 2. The number of fused-ring (bicyclic) bond motifs is 1. The fourth-order valence-electron chi connectivity index (χ4n) is 3.27. The van der Waals surface area contributed by atoms with Crippen LogP contribution in [0.25, 0.3) is 11.0 Å². The smallest absolute Gasteiger partial charge is 0.315 e.